The maximum atomic E-state index is 12.0. The fraction of sp³-hybridized carbons (Fsp3) is 0.714. The highest BCUT2D eigenvalue weighted by molar-refractivity contribution is 7.15. The monoisotopic (exact) mass is 339 g/mol. The largest absolute Gasteiger partial charge is 0.381 e. The first kappa shape index (κ1) is 16.1. The molecule has 8 nitrogen and oxygen atoms in total. The van der Waals surface area contributed by atoms with E-state index in [1.165, 1.54) is 11.3 Å². The van der Waals surface area contributed by atoms with E-state index in [0.29, 0.717) is 17.5 Å². The number of carbonyl (C=O) groups is 2. The van der Waals surface area contributed by atoms with E-state index in [2.05, 4.69) is 20.8 Å². The Kier molecular flexibility index (Phi) is 5.06. The Hall–Kier alpha value is -1.74. The van der Waals surface area contributed by atoms with Crippen molar-refractivity contribution in [3.05, 3.63) is 5.01 Å². The molecule has 0 radical (unpaired) electrons. The van der Waals surface area contributed by atoms with E-state index in [4.69, 9.17) is 4.74 Å². The van der Waals surface area contributed by atoms with Crippen molar-refractivity contribution in [1.29, 1.82) is 0 Å². The lowest BCUT2D eigenvalue weighted by Gasteiger charge is -2.29. The Balaban J connectivity index is 1.53. The molecule has 2 N–H and O–H groups in total. The van der Waals surface area contributed by atoms with Gasteiger partial charge < -0.3 is 15.0 Å². The normalized spacial score (nSPS) is 22.9. The highest BCUT2D eigenvalue weighted by Crippen LogP contribution is 2.30. The number of nitrogens with zero attached hydrogens (tertiary/aromatic N) is 3. The fourth-order valence-electron chi connectivity index (χ4n) is 2.85. The minimum atomic E-state index is -0.461. The molecule has 0 spiro atoms. The van der Waals surface area contributed by atoms with Crippen LogP contribution < -0.4 is 10.6 Å². The summed E-state index contributed by atoms with van der Waals surface area (Å²) in [7, 11) is 1.75. The molecule has 0 bridgehead atoms. The fourth-order valence-corrected chi connectivity index (χ4v) is 3.76. The van der Waals surface area contributed by atoms with Crippen molar-refractivity contribution in [1.82, 2.24) is 20.4 Å². The summed E-state index contributed by atoms with van der Waals surface area (Å²) < 4.78 is 5.34. The summed E-state index contributed by atoms with van der Waals surface area (Å²) in [5.74, 6) is 0.306. The number of likely N-dealkylation sites (tertiary alicyclic amines) is 1. The number of anilines is 1. The van der Waals surface area contributed by atoms with Gasteiger partial charge in [0.05, 0.1) is 0 Å². The molecule has 0 saturated carbocycles. The van der Waals surface area contributed by atoms with E-state index < -0.39 is 12.1 Å². The molecule has 0 aromatic carbocycles. The smallest absolute Gasteiger partial charge is 0.321 e. The Labute approximate surface area is 138 Å². The molecule has 1 aromatic rings. The van der Waals surface area contributed by atoms with E-state index in [0.717, 1.165) is 44.0 Å². The average molecular weight is 339 g/mol. The van der Waals surface area contributed by atoms with Crippen molar-refractivity contribution >= 4 is 28.4 Å². The lowest BCUT2D eigenvalue weighted by Crippen LogP contribution is -2.51. The SMILES string of the molecule is CN1CCC[C@H](NC(=O)Nc2nnc(C3CCOCC3)s2)C1=O. The second-order valence-electron chi connectivity index (χ2n) is 5.89. The number of likely N-dealkylation sites (N-methyl/N-ethyl adjacent to an activating group) is 1. The molecule has 0 aliphatic carbocycles. The zero-order valence-electron chi connectivity index (χ0n) is 13.1. The summed E-state index contributed by atoms with van der Waals surface area (Å²) >= 11 is 1.39. The molecule has 3 heterocycles. The zero-order valence-corrected chi connectivity index (χ0v) is 13.9. The van der Waals surface area contributed by atoms with Gasteiger partial charge in [0, 0.05) is 32.7 Å². The molecule has 3 amide bonds. The van der Waals surface area contributed by atoms with Crippen molar-refractivity contribution in [3.8, 4) is 0 Å². The van der Waals surface area contributed by atoms with E-state index >= 15 is 0 Å². The standard InChI is InChI=1S/C14H21N5O3S/c1-19-6-2-3-10(12(19)20)15-13(21)16-14-18-17-11(23-14)9-4-7-22-8-5-9/h9-10H,2-8H2,1H3,(H2,15,16,18,21)/t10-/m0/s1. The first-order valence-corrected chi connectivity index (χ1v) is 8.69. The quantitative estimate of drug-likeness (QED) is 0.862. The number of nitrogens with one attached hydrogen (secondary N) is 2. The topological polar surface area (TPSA) is 96.5 Å². The molecular formula is C14H21N5O3S. The van der Waals surface area contributed by atoms with Gasteiger partial charge in [0.15, 0.2) is 0 Å². The van der Waals surface area contributed by atoms with Gasteiger partial charge in [-0.2, -0.15) is 0 Å². The third-order valence-electron chi connectivity index (χ3n) is 4.20. The Bertz CT molecular complexity index is 573. The van der Waals surface area contributed by atoms with E-state index in [-0.39, 0.29) is 5.91 Å². The molecule has 2 aliphatic heterocycles. The molecule has 1 aromatic heterocycles. The van der Waals surface area contributed by atoms with Crippen LogP contribution in [0, 0.1) is 0 Å². The number of piperidine rings is 1. The van der Waals surface area contributed by atoms with Crippen molar-refractivity contribution < 1.29 is 14.3 Å². The van der Waals surface area contributed by atoms with Crippen LogP contribution in [0.5, 0.6) is 0 Å². The van der Waals surface area contributed by atoms with Gasteiger partial charge in [0.1, 0.15) is 11.0 Å². The minimum Gasteiger partial charge on any atom is -0.381 e. The maximum Gasteiger partial charge on any atom is 0.321 e. The molecule has 0 unspecified atom stereocenters. The molecule has 2 saturated heterocycles. The zero-order chi connectivity index (χ0) is 16.2. The van der Waals surface area contributed by atoms with E-state index in [1.807, 2.05) is 0 Å². The summed E-state index contributed by atoms with van der Waals surface area (Å²) in [6, 6.07) is -0.870. The highest BCUT2D eigenvalue weighted by atomic mass is 32.1. The second-order valence-corrected chi connectivity index (χ2v) is 6.89. The van der Waals surface area contributed by atoms with Crippen LogP contribution in [0.25, 0.3) is 0 Å². The van der Waals surface area contributed by atoms with Crippen molar-refractivity contribution in [3.63, 3.8) is 0 Å². The summed E-state index contributed by atoms with van der Waals surface area (Å²) in [5.41, 5.74) is 0. The molecule has 2 aliphatic rings. The van der Waals surface area contributed by atoms with Gasteiger partial charge in [-0.1, -0.05) is 11.3 Å². The number of hydrogen-bond acceptors (Lipinski definition) is 6. The van der Waals surface area contributed by atoms with E-state index in [1.54, 1.807) is 11.9 Å². The van der Waals surface area contributed by atoms with Crippen molar-refractivity contribution in [2.24, 2.45) is 0 Å². The maximum absolute atomic E-state index is 12.0. The van der Waals surface area contributed by atoms with Crippen LogP contribution in [0.15, 0.2) is 0 Å². The third-order valence-corrected chi connectivity index (χ3v) is 5.20. The molecule has 23 heavy (non-hydrogen) atoms. The highest BCUT2D eigenvalue weighted by Gasteiger charge is 2.28. The summed E-state index contributed by atoms with van der Waals surface area (Å²) in [6.07, 6.45) is 3.42. The third kappa shape index (κ3) is 3.97. The lowest BCUT2D eigenvalue weighted by molar-refractivity contribution is -0.134. The number of urea groups is 1. The van der Waals surface area contributed by atoms with Gasteiger partial charge in [0.25, 0.3) is 0 Å². The second kappa shape index (κ2) is 7.22. The molecule has 126 valence electrons. The van der Waals surface area contributed by atoms with Crippen LogP contribution in [0.4, 0.5) is 9.93 Å². The van der Waals surface area contributed by atoms with Crippen LogP contribution in [-0.2, 0) is 9.53 Å². The van der Waals surface area contributed by atoms with Crippen LogP contribution in [-0.4, -0.2) is 59.9 Å². The van der Waals surface area contributed by atoms with Crippen LogP contribution in [0.1, 0.15) is 36.6 Å². The Morgan fingerprint density at radius 1 is 1.30 bits per heavy atom. The summed E-state index contributed by atoms with van der Waals surface area (Å²) in [6.45, 7) is 2.22. The number of carbonyl (C=O) groups excluding carboxylic acids is 2. The number of aromatic nitrogens is 2. The van der Waals surface area contributed by atoms with Gasteiger partial charge in [-0.05, 0) is 25.7 Å². The number of rotatable bonds is 3. The Morgan fingerprint density at radius 2 is 2.09 bits per heavy atom. The van der Waals surface area contributed by atoms with Gasteiger partial charge in [-0.3, -0.25) is 10.1 Å². The van der Waals surface area contributed by atoms with Crippen LogP contribution in [0.2, 0.25) is 0 Å². The minimum absolute atomic E-state index is 0.0495. The predicted octanol–water partition coefficient (Wildman–Crippen LogP) is 1.17. The summed E-state index contributed by atoms with van der Waals surface area (Å²) in [4.78, 5) is 25.7. The molecule has 2 fully saturated rings. The Morgan fingerprint density at radius 3 is 2.87 bits per heavy atom. The molecular weight excluding hydrogens is 318 g/mol. The number of hydrogen-bond donors (Lipinski definition) is 2. The van der Waals surface area contributed by atoms with E-state index in [9.17, 15) is 9.59 Å². The van der Waals surface area contributed by atoms with Crippen molar-refractivity contribution in [2.75, 3.05) is 32.1 Å². The van der Waals surface area contributed by atoms with Crippen molar-refractivity contribution in [2.45, 2.75) is 37.6 Å². The lowest BCUT2D eigenvalue weighted by atomic mass is 10.0. The van der Waals surface area contributed by atoms with Gasteiger partial charge in [-0.25, -0.2) is 4.79 Å². The van der Waals surface area contributed by atoms with Gasteiger partial charge >= 0.3 is 6.03 Å². The predicted molar refractivity (Wildman–Crippen MR) is 85.5 cm³/mol. The number of ether oxygens (including phenoxy) is 1. The first-order valence-electron chi connectivity index (χ1n) is 7.87. The van der Waals surface area contributed by atoms with Gasteiger partial charge in [0.2, 0.25) is 11.0 Å². The van der Waals surface area contributed by atoms with Gasteiger partial charge in [-0.15, -0.1) is 10.2 Å². The summed E-state index contributed by atoms with van der Waals surface area (Å²) in [5, 5.41) is 15.0. The molecule has 1 atom stereocenters. The number of amides is 3. The van der Waals surface area contributed by atoms with Crippen LogP contribution in [0.3, 0.4) is 0 Å². The average Bonchev–Trinajstić information content (AvgIpc) is 3.01. The van der Waals surface area contributed by atoms with Crippen LogP contribution >= 0.6 is 11.3 Å². The molecule has 3 rings (SSSR count). The molecule has 9 heteroatoms. The first-order chi connectivity index (χ1) is 11.1.